The van der Waals surface area contributed by atoms with E-state index >= 15 is 0 Å². The fourth-order valence-corrected chi connectivity index (χ4v) is 2.33. The van der Waals surface area contributed by atoms with E-state index in [9.17, 15) is 10.1 Å². The normalized spacial score (nSPS) is 12.0. The van der Waals surface area contributed by atoms with Crippen molar-refractivity contribution in [1.29, 1.82) is 0 Å². The molecule has 0 heterocycles. The second-order valence-electron chi connectivity index (χ2n) is 5.13. The van der Waals surface area contributed by atoms with E-state index in [1.165, 1.54) is 0 Å². The van der Waals surface area contributed by atoms with Gasteiger partial charge in [0.1, 0.15) is 0 Å². The number of nitrogens with zero attached hydrogens (tertiary/aromatic N) is 1. The molecule has 0 saturated heterocycles. The summed E-state index contributed by atoms with van der Waals surface area (Å²) in [6.45, 7) is 5.69. The summed E-state index contributed by atoms with van der Waals surface area (Å²) in [5.74, 6) is 0. The Bertz CT molecular complexity index is 686. The Labute approximate surface area is 128 Å². The molecule has 0 amide bonds. The van der Waals surface area contributed by atoms with Gasteiger partial charge in [0.25, 0.3) is 5.69 Å². The molecule has 0 aliphatic heterocycles. The van der Waals surface area contributed by atoms with Crippen molar-refractivity contribution in [3.8, 4) is 0 Å². The number of nitrogens with one attached hydrogen (secondary N) is 1. The first-order chi connectivity index (χ1) is 9.88. The van der Waals surface area contributed by atoms with Crippen LogP contribution in [0.15, 0.2) is 36.4 Å². The first-order valence-corrected chi connectivity index (χ1v) is 7.04. The van der Waals surface area contributed by atoms with Crippen LogP contribution in [0.3, 0.4) is 0 Å². The van der Waals surface area contributed by atoms with Gasteiger partial charge in [-0.15, -0.1) is 0 Å². The summed E-state index contributed by atoms with van der Waals surface area (Å²) in [5, 5.41) is 15.0. The SMILES string of the molecule is Cc1ccc(Cl)cc1NC(C)c1ccc(C)c([N+](=O)[O-])c1. The van der Waals surface area contributed by atoms with E-state index < -0.39 is 0 Å². The van der Waals surface area contributed by atoms with E-state index in [1.54, 1.807) is 19.1 Å². The van der Waals surface area contributed by atoms with Gasteiger partial charge in [-0.05, 0) is 44.0 Å². The van der Waals surface area contributed by atoms with Crippen molar-refractivity contribution in [2.45, 2.75) is 26.8 Å². The van der Waals surface area contributed by atoms with Gasteiger partial charge in [-0.2, -0.15) is 0 Å². The topological polar surface area (TPSA) is 55.2 Å². The molecule has 21 heavy (non-hydrogen) atoms. The summed E-state index contributed by atoms with van der Waals surface area (Å²) < 4.78 is 0. The predicted molar refractivity (Wildman–Crippen MR) is 86.1 cm³/mol. The Hall–Kier alpha value is -2.07. The summed E-state index contributed by atoms with van der Waals surface area (Å²) >= 11 is 6.00. The van der Waals surface area contributed by atoms with Crippen molar-refractivity contribution in [1.82, 2.24) is 0 Å². The Morgan fingerprint density at radius 1 is 1.14 bits per heavy atom. The molecule has 0 radical (unpaired) electrons. The maximum absolute atomic E-state index is 11.0. The summed E-state index contributed by atoms with van der Waals surface area (Å²) in [5.41, 5.74) is 3.68. The quantitative estimate of drug-likeness (QED) is 0.636. The highest BCUT2D eigenvalue weighted by atomic mass is 35.5. The Kier molecular flexibility index (Phi) is 4.48. The molecule has 0 bridgehead atoms. The average Bonchev–Trinajstić information content (AvgIpc) is 2.43. The highest BCUT2D eigenvalue weighted by Gasteiger charge is 2.14. The van der Waals surface area contributed by atoms with E-state index in [0.717, 1.165) is 16.8 Å². The first kappa shape index (κ1) is 15.3. The van der Waals surface area contributed by atoms with Crippen LogP contribution in [0.2, 0.25) is 5.02 Å². The fraction of sp³-hybridized carbons (Fsp3) is 0.250. The fourth-order valence-electron chi connectivity index (χ4n) is 2.16. The second-order valence-corrected chi connectivity index (χ2v) is 5.56. The van der Waals surface area contributed by atoms with Gasteiger partial charge in [-0.25, -0.2) is 0 Å². The smallest absolute Gasteiger partial charge is 0.272 e. The van der Waals surface area contributed by atoms with Crippen LogP contribution in [0.5, 0.6) is 0 Å². The highest BCUT2D eigenvalue weighted by Crippen LogP contribution is 2.28. The largest absolute Gasteiger partial charge is 0.378 e. The molecule has 2 aromatic carbocycles. The molecule has 2 aromatic rings. The molecule has 0 fully saturated rings. The van der Waals surface area contributed by atoms with Crippen molar-refractivity contribution in [2.75, 3.05) is 5.32 Å². The number of benzene rings is 2. The van der Waals surface area contributed by atoms with Gasteiger partial charge in [0.05, 0.1) is 4.92 Å². The van der Waals surface area contributed by atoms with Gasteiger partial charge in [0.15, 0.2) is 0 Å². The molecular weight excluding hydrogens is 288 g/mol. The number of halogens is 1. The number of hydrogen-bond donors (Lipinski definition) is 1. The molecule has 0 aliphatic rings. The summed E-state index contributed by atoms with van der Waals surface area (Å²) in [4.78, 5) is 10.7. The van der Waals surface area contributed by atoms with Crippen LogP contribution >= 0.6 is 11.6 Å². The summed E-state index contributed by atoms with van der Waals surface area (Å²) in [7, 11) is 0. The van der Waals surface area contributed by atoms with Crippen LogP contribution in [-0.4, -0.2) is 4.92 Å². The lowest BCUT2D eigenvalue weighted by molar-refractivity contribution is -0.385. The minimum Gasteiger partial charge on any atom is -0.378 e. The molecule has 5 heteroatoms. The van der Waals surface area contributed by atoms with Crippen LogP contribution in [0.4, 0.5) is 11.4 Å². The van der Waals surface area contributed by atoms with Crippen LogP contribution in [0.1, 0.15) is 29.7 Å². The molecule has 4 nitrogen and oxygen atoms in total. The van der Waals surface area contributed by atoms with Gasteiger partial charge in [0, 0.05) is 28.4 Å². The summed E-state index contributed by atoms with van der Waals surface area (Å²) in [6.07, 6.45) is 0. The van der Waals surface area contributed by atoms with Crippen LogP contribution in [0.25, 0.3) is 0 Å². The second kappa shape index (κ2) is 6.14. The lowest BCUT2D eigenvalue weighted by Crippen LogP contribution is -2.08. The van der Waals surface area contributed by atoms with Gasteiger partial charge >= 0.3 is 0 Å². The lowest BCUT2D eigenvalue weighted by atomic mass is 10.0. The minimum atomic E-state index is -0.351. The van der Waals surface area contributed by atoms with Crippen LogP contribution < -0.4 is 5.32 Å². The van der Waals surface area contributed by atoms with Crippen LogP contribution in [0, 0.1) is 24.0 Å². The Balaban J connectivity index is 2.28. The molecule has 110 valence electrons. The van der Waals surface area contributed by atoms with Gasteiger partial charge in [-0.1, -0.05) is 29.8 Å². The molecular formula is C16H17ClN2O2. The number of aryl methyl sites for hydroxylation is 2. The highest BCUT2D eigenvalue weighted by molar-refractivity contribution is 6.30. The number of nitro benzene ring substituents is 1. The van der Waals surface area contributed by atoms with Crippen molar-refractivity contribution in [3.63, 3.8) is 0 Å². The molecule has 1 N–H and O–H groups in total. The van der Waals surface area contributed by atoms with E-state index in [-0.39, 0.29) is 16.7 Å². The maximum atomic E-state index is 11.0. The van der Waals surface area contributed by atoms with Crippen molar-refractivity contribution in [3.05, 3.63) is 68.2 Å². The van der Waals surface area contributed by atoms with Crippen molar-refractivity contribution >= 4 is 23.0 Å². The Morgan fingerprint density at radius 3 is 2.48 bits per heavy atom. The zero-order chi connectivity index (χ0) is 15.6. The standard InChI is InChI=1S/C16H17ClN2O2/c1-10-5-7-14(17)9-15(10)18-12(3)13-6-4-11(2)16(8-13)19(20)21/h4-9,12,18H,1-3H3. The third-order valence-corrected chi connectivity index (χ3v) is 3.74. The van der Waals surface area contributed by atoms with Crippen LogP contribution in [-0.2, 0) is 0 Å². The van der Waals surface area contributed by atoms with E-state index in [4.69, 9.17) is 11.6 Å². The van der Waals surface area contributed by atoms with Gasteiger partial charge < -0.3 is 5.32 Å². The van der Waals surface area contributed by atoms with Crippen molar-refractivity contribution < 1.29 is 4.92 Å². The number of anilines is 1. The third-order valence-electron chi connectivity index (χ3n) is 3.50. The number of nitro groups is 1. The first-order valence-electron chi connectivity index (χ1n) is 6.66. The molecule has 0 aliphatic carbocycles. The maximum Gasteiger partial charge on any atom is 0.272 e. The minimum absolute atomic E-state index is 0.0542. The zero-order valence-electron chi connectivity index (χ0n) is 12.2. The zero-order valence-corrected chi connectivity index (χ0v) is 12.9. The molecule has 0 aromatic heterocycles. The van der Waals surface area contributed by atoms with E-state index in [2.05, 4.69) is 5.32 Å². The van der Waals surface area contributed by atoms with Crippen molar-refractivity contribution in [2.24, 2.45) is 0 Å². The lowest BCUT2D eigenvalue weighted by Gasteiger charge is -2.18. The van der Waals surface area contributed by atoms with Gasteiger partial charge in [-0.3, -0.25) is 10.1 Å². The van der Waals surface area contributed by atoms with E-state index in [1.807, 2.05) is 38.1 Å². The number of hydrogen-bond acceptors (Lipinski definition) is 3. The molecule has 2 rings (SSSR count). The molecule has 1 atom stereocenters. The summed E-state index contributed by atoms with van der Waals surface area (Å²) in [6, 6.07) is 10.9. The molecule has 0 saturated carbocycles. The monoisotopic (exact) mass is 304 g/mol. The third kappa shape index (κ3) is 3.52. The average molecular weight is 305 g/mol. The molecule has 0 spiro atoms. The van der Waals surface area contributed by atoms with Gasteiger partial charge in [0.2, 0.25) is 0 Å². The predicted octanol–water partition coefficient (Wildman–Crippen LogP) is 5.04. The number of rotatable bonds is 4. The molecule has 1 unspecified atom stereocenters. The Morgan fingerprint density at radius 2 is 1.81 bits per heavy atom. The van der Waals surface area contributed by atoms with E-state index in [0.29, 0.717) is 10.6 Å².